The van der Waals surface area contributed by atoms with E-state index in [-0.39, 0.29) is 11.6 Å². The summed E-state index contributed by atoms with van der Waals surface area (Å²) in [5.74, 6) is -3.09. The van der Waals surface area contributed by atoms with Gasteiger partial charge in [-0.3, -0.25) is 4.79 Å². The van der Waals surface area contributed by atoms with Crippen LogP contribution in [0.25, 0.3) is 0 Å². The van der Waals surface area contributed by atoms with Gasteiger partial charge < -0.3 is 10.1 Å². The van der Waals surface area contributed by atoms with Crippen molar-refractivity contribution in [1.29, 1.82) is 0 Å². The number of halogens is 2. The summed E-state index contributed by atoms with van der Waals surface area (Å²) < 4.78 is 30.7. The molecule has 102 valence electrons. The van der Waals surface area contributed by atoms with Gasteiger partial charge >= 0.3 is 5.97 Å². The molecule has 4 nitrogen and oxygen atoms in total. The summed E-state index contributed by atoms with van der Waals surface area (Å²) >= 11 is 0. The van der Waals surface area contributed by atoms with E-state index in [0.717, 1.165) is 25.0 Å². The van der Waals surface area contributed by atoms with Gasteiger partial charge in [-0.1, -0.05) is 0 Å². The van der Waals surface area contributed by atoms with Crippen LogP contribution >= 0.6 is 0 Å². The topological polar surface area (TPSA) is 55.4 Å². The van der Waals surface area contributed by atoms with Crippen molar-refractivity contribution in [2.45, 2.75) is 31.9 Å². The van der Waals surface area contributed by atoms with Crippen molar-refractivity contribution in [1.82, 2.24) is 5.32 Å². The van der Waals surface area contributed by atoms with Crippen LogP contribution in [-0.4, -0.2) is 24.0 Å². The fourth-order valence-electron chi connectivity index (χ4n) is 1.50. The fraction of sp³-hybridized carbons (Fsp3) is 0.385. The van der Waals surface area contributed by atoms with Crippen LogP contribution in [0.5, 0.6) is 0 Å². The van der Waals surface area contributed by atoms with Crippen molar-refractivity contribution < 1.29 is 23.1 Å². The molecule has 0 saturated heterocycles. The first-order chi connectivity index (χ1) is 8.95. The number of esters is 1. The highest BCUT2D eigenvalue weighted by Gasteiger charge is 2.27. The van der Waals surface area contributed by atoms with Crippen LogP contribution in [0, 0.1) is 11.6 Å². The zero-order valence-electron chi connectivity index (χ0n) is 10.3. The summed E-state index contributed by atoms with van der Waals surface area (Å²) in [7, 11) is 0. The van der Waals surface area contributed by atoms with E-state index in [9.17, 15) is 18.4 Å². The van der Waals surface area contributed by atoms with Crippen LogP contribution in [0.4, 0.5) is 8.78 Å². The van der Waals surface area contributed by atoms with E-state index >= 15 is 0 Å². The first-order valence-electron chi connectivity index (χ1n) is 5.93. The minimum atomic E-state index is -1.00. The molecule has 1 aromatic carbocycles. The maximum Gasteiger partial charge on any atom is 0.339 e. The van der Waals surface area contributed by atoms with Gasteiger partial charge in [0, 0.05) is 12.1 Å². The van der Waals surface area contributed by atoms with Gasteiger partial charge in [0.1, 0.15) is 11.6 Å². The largest absolute Gasteiger partial charge is 0.449 e. The first-order valence-corrected chi connectivity index (χ1v) is 5.93. The van der Waals surface area contributed by atoms with Crippen molar-refractivity contribution >= 4 is 11.9 Å². The second-order valence-corrected chi connectivity index (χ2v) is 4.49. The molecule has 1 N–H and O–H groups in total. The predicted octanol–water partition coefficient (Wildman–Crippen LogP) is 1.79. The van der Waals surface area contributed by atoms with E-state index < -0.39 is 29.6 Å². The molecule has 1 amide bonds. The highest BCUT2D eigenvalue weighted by molar-refractivity contribution is 5.92. The number of carbonyl (C=O) groups is 2. The Bertz CT molecular complexity index is 494. The number of hydrogen-bond donors (Lipinski definition) is 1. The van der Waals surface area contributed by atoms with Gasteiger partial charge in [0.05, 0.1) is 5.56 Å². The SMILES string of the molecule is C[C@@H](OC(=O)c1cc(F)cc(F)c1)C(=O)NC1CC1. The number of nitrogens with one attached hydrogen (secondary N) is 1. The maximum atomic E-state index is 12.9. The quantitative estimate of drug-likeness (QED) is 0.848. The minimum absolute atomic E-state index is 0.153. The van der Waals surface area contributed by atoms with Crippen LogP contribution in [0.3, 0.4) is 0 Å². The highest BCUT2D eigenvalue weighted by atomic mass is 19.1. The number of carbonyl (C=O) groups excluding carboxylic acids is 2. The third-order valence-corrected chi connectivity index (χ3v) is 2.68. The molecular formula is C13H13F2NO3. The smallest absolute Gasteiger partial charge is 0.339 e. The second kappa shape index (κ2) is 5.34. The number of hydrogen-bond acceptors (Lipinski definition) is 3. The molecule has 0 spiro atoms. The monoisotopic (exact) mass is 269 g/mol. The lowest BCUT2D eigenvalue weighted by Crippen LogP contribution is -2.37. The van der Waals surface area contributed by atoms with Crippen LogP contribution < -0.4 is 5.32 Å². The van der Waals surface area contributed by atoms with E-state index in [1.54, 1.807) is 0 Å². The molecule has 0 heterocycles. The number of ether oxygens (including phenoxy) is 1. The Hall–Kier alpha value is -1.98. The summed E-state index contributed by atoms with van der Waals surface area (Å²) in [5.41, 5.74) is -0.261. The number of amides is 1. The van der Waals surface area contributed by atoms with Crippen molar-refractivity contribution in [3.63, 3.8) is 0 Å². The maximum absolute atomic E-state index is 12.9. The molecule has 2 rings (SSSR count). The van der Waals surface area contributed by atoms with Crippen LogP contribution in [0.1, 0.15) is 30.1 Å². The van der Waals surface area contributed by atoms with Gasteiger partial charge in [-0.25, -0.2) is 13.6 Å². The third kappa shape index (κ3) is 3.74. The van der Waals surface area contributed by atoms with Gasteiger partial charge in [0.15, 0.2) is 6.10 Å². The van der Waals surface area contributed by atoms with Gasteiger partial charge in [-0.2, -0.15) is 0 Å². The summed E-state index contributed by atoms with van der Waals surface area (Å²) in [6, 6.07) is 2.52. The fourth-order valence-corrected chi connectivity index (χ4v) is 1.50. The predicted molar refractivity (Wildman–Crippen MR) is 62.4 cm³/mol. The lowest BCUT2D eigenvalue weighted by molar-refractivity contribution is -0.129. The Labute approximate surface area is 108 Å². The van der Waals surface area contributed by atoms with Crippen LogP contribution in [0.2, 0.25) is 0 Å². The Morgan fingerprint density at radius 3 is 2.37 bits per heavy atom. The van der Waals surface area contributed by atoms with Crippen molar-refractivity contribution in [2.75, 3.05) is 0 Å². The first kappa shape index (κ1) is 13.5. The molecule has 1 aliphatic carbocycles. The molecule has 0 bridgehead atoms. The van der Waals surface area contributed by atoms with E-state index in [4.69, 9.17) is 4.74 Å². The molecule has 0 radical (unpaired) electrons. The van der Waals surface area contributed by atoms with Crippen LogP contribution in [0.15, 0.2) is 18.2 Å². The van der Waals surface area contributed by atoms with E-state index in [1.165, 1.54) is 6.92 Å². The van der Waals surface area contributed by atoms with Gasteiger partial charge in [-0.15, -0.1) is 0 Å². The molecule has 0 aliphatic heterocycles. The minimum Gasteiger partial charge on any atom is -0.449 e. The van der Waals surface area contributed by atoms with Crippen molar-refractivity contribution in [3.8, 4) is 0 Å². The second-order valence-electron chi connectivity index (χ2n) is 4.49. The lowest BCUT2D eigenvalue weighted by Gasteiger charge is -2.13. The van der Waals surface area contributed by atoms with E-state index in [2.05, 4.69) is 5.32 Å². The molecule has 6 heteroatoms. The summed E-state index contributed by atoms with van der Waals surface area (Å²) in [5, 5.41) is 2.67. The molecule has 1 fully saturated rings. The molecular weight excluding hydrogens is 256 g/mol. The molecule has 1 saturated carbocycles. The number of rotatable bonds is 4. The Balaban J connectivity index is 1.97. The summed E-state index contributed by atoms with van der Waals surface area (Å²) in [6.07, 6.45) is 0.836. The summed E-state index contributed by atoms with van der Waals surface area (Å²) in [4.78, 5) is 23.2. The van der Waals surface area contributed by atoms with Gasteiger partial charge in [-0.05, 0) is 31.9 Å². The highest BCUT2D eigenvalue weighted by Crippen LogP contribution is 2.19. The van der Waals surface area contributed by atoms with Crippen molar-refractivity contribution in [3.05, 3.63) is 35.4 Å². The Kier molecular flexibility index (Phi) is 3.78. The normalized spacial score (nSPS) is 15.7. The number of benzene rings is 1. The molecule has 1 aliphatic rings. The third-order valence-electron chi connectivity index (χ3n) is 2.68. The standard InChI is InChI=1S/C13H13F2NO3/c1-7(12(17)16-11-2-3-11)19-13(18)8-4-9(14)6-10(15)5-8/h4-7,11H,2-3H2,1H3,(H,16,17)/t7-/m1/s1. The summed E-state index contributed by atoms with van der Waals surface area (Å²) in [6.45, 7) is 1.41. The molecule has 1 atom stereocenters. The average Bonchev–Trinajstić information content (AvgIpc) is 3.11. The van der Waals surface area contributed by atoms with Crippen molar-refractivity contribution in [2.24, 2.45) is 0 Å². The lowest BCUT2D eigenvalue weighted by atomic mass is 10.2. The Morgan fingerprint density at radius 1 is 1.26 bits per heavy atom. The van der Waals surface area contributed by atoms with E-state index in [1.807, 2.05) is 0 Å². The molecule has 0 unspecified atom stereocenters. The van der Waals surface area contributed by atoms with E-state index in [0.29, 0.717) is 6.07 Å². The zero-order chi connectivity index (χ0) is 14.0. The van der Waals surface area contributed by atoms with Gasteiger partial charge in [0.2, 0.25) is 0 Å². The average molecular weight is 269 g/mol. The zero-order valence-corrected chi connectivity index (χ0v) is 10.3. The molecule has 19 heavy (non-hydrogen) atoms. The Morgan fingerprint density at radius 2 is 1.84 bits per heavy atom. The van der Waals surface area contributed by atoms with Gasteiger partial charge in [0.25, 0.3) is 5.91 Å². The van der Waals surface area contributed by atoms with Crippen LogP contribution in [-0.2, 0) is 9.53 Å². The molecule has 1 aromatic rings. The molecule has 0 aromatic heterocycles.